The third kappa shape index (κ3) is 4.22. The van der Waals surface area contributed by atoms with E-state index in [1.807, 2.05) is 0 Å². The maximum absolute atomic E-state index is 3.82. The Bertz CT molecular complexity index is 216. The normalized spacial score (nSPS) is 24.7. The highest BCUT2D eigenvalue weighted by Crippen LogP contribution is 2.21. The van der Waals surface area contributed by atoms with E-state index in [0.717, 1.165) is 12.5 Å². The van der Waals surface area contributed by atoms with E-state index in [1.54, 1.807) is 0 Å². The van der Waals surface area contributed by atoms with Crippen molar-refractivity contribution in [3.8, 4) is 0 Å². The minimum atomic E-state index is 0.646. The molecule has 1 fully saturated rings. The summed E-state index contributed by atoms with van der Waals surface area (Å²) in [6.45, 7) is 11.7. The predicted molar refractivity (Wildman–Crippen MR) is 80.1 cm³/mol. The van der Waals surface area contributed by atoms with Crippen LogP contribution >= 0.6 is 0 Å². The number of piperazine rings is 1. The molecule has 0 saturated carbocycles. The second kappa shape index (κ2) is 8.13. The van der Waals surface area contributed by atoms with Crippen LogP contribution in [0.3, 0.4) is 0 Å². The van der Waals surface area contributed by atoms with Gasteiger partial charge in [0.2, 0.25) is 0 Å². The number of nitrogens with zero attached hydrogens (tertiary/aromatic N) is 2. The summed E-state index contributed by atoms with van der Waals surface area (Å²) >= 11 is 0. The van der Waals surface area contributed by atoms with E-state index in [2.05, 4.69) is 50.0 Å². The van der Waals surface area contributed by atoms with Crippen LogP contribution in [0.15, 0.2) is 0 Å². The zero-order valence-corrected chi connectivity index (χ0v) is 13.1. The maximum Gasteiger partial charge on any atom is 0.0376 e. The molecule has 0 aliphatic carbocycles. The summed E-state index contributed by atoms with van der Waals surface area (Å²) in [7, 11) is 4.55. The summed E-state index contributed by atoms with van der Waals surface area (Å²) in [5, 5.41) is 3.82. The van der Waals surface area contributed by atoms with Crippen LogP contribution < -0.4 is 5.32 Å². The lowest BCUT2D eigenvalue weighted by Gasteiger charge is -2.44. The van der Waals surface area contributed by atoms with Gasteiger partial charge in [-0.15, -0.1) is 0 Å². The molecule has 0 aromatic rings. The highest BCUT2D eigenvalue weighted by molar-refractivity contribution is 4.92. The van der Waals surface area contributed by atoms with Gasteiger partial charge in [-0.2, -0.15) is 0 Å². The van der Waals surface area contributed by atoms with Crippen molar-refractivity contribution in [1.29, 1.82) is 0 Å². The molecule has 1 heterocycles. The average molecular weight is 255 g/mol. The Morgan fingerprint density at radius 3 is 2.33 bits per heavy atom. The summed E-state index contributed by atoms with van der Waals surface area (Å²) in [5.41, 5.74) is 0. The molecule has 1 aliphatic heterocycles. The van der Waals surface area contributed by atoms with Crippen molar-refractivity contribution in [3.05, 3.63) is 0 Å². The second-order valence-electron chi connectivity index (χ2n) is 5.87. The van der Waals surface area contributed by atoms with Gasteiger partial charge in [0.15, 0.2) is 0 Å². The fourth-order valence-electron chi connectivity index (χ4n) is 3.16. The van der Waals surface area contributed by atoms with Gasteiger partial charge in [-0.3, -0.25) is 4.90 Å². The van der Waals surface area contributed by atoms with Crippen LogP contribution in [0.5, 0.6) is 0 Å². The number of rotatable bonds is 7. The molecule has 18 heavy (non-hydrogen) atoms. The van der Waals surface area contributed by atoms with Crippen molar-refractivity contribution in [2.45, 2.75) is 52.1 Å². The van der Waals surface area contributed by atoms with Crippen LogP contribution in [0, 0.1) is 5.92 Å². The monoisotopic (exact) mass is 255 g/mol. The molecule has 1 rings (SSSR count). The van der Waals surface area contributed by atoms with Crippen molar-refractivity contribution in [3.63, 3.8) is 0 Å². The van der Waals surface area contributed by atoms with Gasteiger partial charge >= 0.3 is 0 Å². The Morgan fingerprint density at radius 1 is 1.11 bits per heavy atom. The summed E-state index contributed by atoms with van der Waals surface area (Å²) < 4.78 is 0. The highest BCUT2D eigenvalue weighted by atomic mass is 15.3. The molecule has 1 N–H and O–H groups in total. The van der Waals surface area contributed by atoms with E-state index >= 15 is 0 Å². The smallest absolute Gasteiger partial charge is 0.0376 e. The molecule has 0 amide bonds. The predicted octanol–water partition coefficient (Wildman–Crippen LogP) is 2.04. The van der Waals surface area contributed by atoms with Crippen LogP contribution in [-0.4, -0.2) is 62.2 Å². The van der Waals surface area contributed by atoms with E-state index in [1.165, 1.54) is 38.9 Å². The number of hydrogen-bond donors (Lipinski definition) is 1. The fourth-order valence-corrected chi connectivity index (χ4v) is 3.16. The molecule has 0 radical (unpaired) electrons. The summed E-state index contributed by atoms with van der Waals surface area (Å²) in [4.78, 5) is 5.04. The minimum absolute atomic E-state index is 0.646. The summed E-state index contributed by atoms with van der Waals surface area (Å²) in [6, 6.07) is 1.31. The van der Waals surface area contributed by atoms with Crippen molar-refractivity contribution in [1.82, 2.24) is 15.1 Å². The highest BCUT2D eigenvalue weighted by Gasteiger charge is 2.32. The van der Waals surface area contributed by atoms with Crippen molar-refractivity contribution in [2.75, 3.05) is 40.3 Å². The topological polar surface area (TPSA) is 18.5 Å². The first-order valence-electron chi connectivity index (χ1n) is 7.76. The van der Waals surface area contributed by atoms with Crippen LogP contribution in [0.2, 0.25) is 0 Å². The molecule has 3 nitrogen and oxygen atoms in total. The SMILES string of the molecule is CCCNC(C(CC)CC)C1CN(C)CCN1C. The molecule has 0 bridgehead atoms. The van der Waals surface area contributed by atoms with Crippen LogP contribution in [-0.2, 0) is 0 Å². The first-order valence-corrected chi connectivity index (χ1v) is 7.76. The van der Waals surface area contributed by atoms with Gasteiger partial charge in [-0.1, -0.05) is 33.6 Å². The fraction of sp³-hybridized carbons (Fsp3) is 1.00. The Balaban J connectivity index is 2.72. The van der Waals surface area contributed by atoms with Crippen molar-refractivity contribution >= 4 is 0 Å². The standard InChI is InChI=1S/C15H33N3/c1-6-9-16-15(13(7-2)8-3)14-12-17(4)10-11-18(14)5/h13-16H,6-12H2,1-5H3. The summed E-state index contributed by atoms with van der Waals surface area (Å²) in [6.07, 6.45) is 3.79. The Kier molecular flexibility index (Phi) is 7.20. The Hall–Kier alpha value is -0.120. The summed E-state index contributed by atoms with van der Waals surface area (Å²) in [5.74, 6) is 0.801. The molecule has 1 aliphatic rings. The van der Waals surface area contributed by atoms with Crippen LogP contribution in [0.1, 0.15) is 40.0 Å². The van der Waals surface area contributed by atoms with Crippen molar-refractivity contribution in [2.24, 2.45) is 5.92 Å². The van der Waals surface area contributed by atoms with E-state index in [4.69, 9.17) is 0 Å². The van der Waals surface area contributed by atoms with Crippen LogP contribution in [0.4, 0.5) is 0 Å². The molecule has 0 aromatic heterocycles. The zero-order chi connectivity index (χ0) is 13.5. The molecule has 2 unspecified atom stereocenters. The first-order chi connectivity index (χ1) is 8.63. The first kappa shape index (κ1) is 15.9. The third-order valence-corrected chi connectivity index (χ3v) is 4.50. The van der Waals surface area contributed by atoms with Gasteiger partial charge in [-0.05, 0) is 33.0 Å². The van der Waals surface area contributed by atoms with Gasteiger partial charge < -0.3 is 10.2 Å². The lowest BCUT2D eigenvalue weighted by Crippen LogP contribution is -2.60. The molecule has 0 aromatic carbocycles. The molecule has 1 saturated heterocycles. The maximum atomic E-state index is 3.82. The van der Waals surface area contributed by atoms with E-state index < -0.39 is 0 Å². The third-order valence-electron chi connectivity index (χ3n) is 4.50. The van der Waals surface area contributed by atoms with E-state index in [0.29, 0.717) is 12.1 Å². The van der Waals surface area contributed by atoms with Crippen LogP contribution in [0.25, 0.3) is 0 Å². The number of likely N-dealkylation sites (N-methyl/N-ethyl adjacent to an activating group) is 2. The number of hydrogen-bond acceptors (Lipinski definition) is 3. The van der Waals surface area contributed by atoms with Gasteiger partial charge in [-0.25, -0.2) is 0 Å². The van der Waals surface area contributed by atoms with Gasteiger partial charge in [0, 0.05) is 31.7 Å². The molecule has 108 valence electrons. The average Bonchev–Trinajstić information content (AvgIpc) is 2.38. The molecule has 3 heteroatoms. The van der Waals surface area contributed by atoms with E-state index in [-0.39, 0.29) is 0 Å². The Morgan fingerprint density at radius 2 is 1.78 bits per heavy atom. The Labute approximate surface area is 114 Å². The molecule has 0 spiro atoms. The second-order valence-corrected chi connectivity index (χ2v) is 5.87. The zero-order valence-electron chi connectivity index (χ0n) is 13.1. The van der Waals surface area contributed by atoms with Gasteiger partial charge in [0.1, 0.15) is 0 Å². The van der Waals surface area contributed by atoms with Gasteiger partial charge in [0.05, 0.1) is 0 Å². The largest absolute Gasteiger partial charge is 0.312 e. The molecular weight excluding hydrogens is 222 g/mol. The van der Waals surface area contributed by atoms with Crippen molar-refractivity contribution < 1.29 is 0 Å². The van der Waals surface area contributed by atoms with E-state index in [9.17, 15) is 0 Å². The molecular formula is C15H33N3. The quantitative estimate of drug-likeness (QED) is 0.751. The van der Waals surface area contributed by atoms with Gasteiger partial charge in [0.25, 0.3) is 0 Å². The lowest BCUT2D eigenvalue weighted by molar-refractivity contribution is 0.0679. The molecule has 2 atom stereocenters. The number of nitrogens with one attached hydrogen (secondary N) is 1. The minimum Gasteiger partial charge on any atom is -0.312 e. The lowest BCUT2D eigenvalue weighted by atomic mass is 9.87.